The number of carbonyl (C=O) groups is 1. The molecule has 1 fully saturated rings. The van der Waals surface area contributed by atoms with Gasteiger partial charge in [-0.2, -0.15) is 0 Å². The maximum Gasteiger partial charge on any atom is 0.253 e. The van der Waals surface area contributed by atoms with E-state index in [2.05, 4.69) is 10.3 Å². The number of carbonyl (C=O) groups excluding carboxylic acids is 1. The van der Waals surface area contributed by atoms with Gasteiger partial charge in [0.25, 0.3) is 5.91 Å². The molecule has 4 heteroatoms. The number of hydrogen-bond donors (Lipinski definition) is 2. The molecule has 21 heavy (non-hydrogen) atoms. The van der Waals surface area contributed by atoms with Crippen molar-refractivity contribution >= 4 is 16.8 Å². The molecule has 0 unspecified atom stereocenters. The molecule has 1 aromatic carbocycles. The van der Waals surface area contributed by atoms with Crippen LogP contribution >= 0.6 is 0 Å². The van der Waals surface area contributed by atoms with Crippen molar-refractivity contribution < 1.29 is 4.79 Å². The highest BCUT2D eigenvalue weighted by atomic mass is 16.1. The zero-order chi connectivity index (χ0) is 14.8. The number of pyridine rings is 1. The number of rotatable bonds is 2. The number of fused-ring (bicyclic) bond motifs is 1. The Bertz CT molecular complexity index is 660. The molecule has 1 aromatic heterocycles. The fourth-order valence-corrected chi connectivity index (χ4v) is 2.95. The summed E-state index contributed by atoms with van der Waals surface area (Å²) >= 11 is 0. The standard InChI is InChI=1S/C17H21N3O/c1-11-5-6-12-3-2-4-15(16(12)19-11)17(21)20-14-9-7-13(18)8-10-14/h2-6,13-14H,7-10,18H2,1H3,(H,20,21). The van der Waals surface area contributed by atoms with Gasteiger partial charge in [-0.25, -0.2) is 0 Å². The van der Waals surface area contributed by atoms with Crippen LogP contribution < -0.4 is 11.1 Å². The van der Waals surface area contributed by atoms with Crippen LogP contribution in [0.3, 0.4) is 0 Å². The first kappa shape index (κ1) is 14.0. The quantitative estimate of drug-likeness (QED) is 0.890. The monoisotopic (exact) mass is 283 g/mol. The number of para-hydroxylation sites is 1. The van der Waals surface area contributed by atoms with E-state index in [1.165, 1.54) is 0 Å². The van der Waals surface area contributed by atoms with Crippen LogP contribution in [0, 0.1) is 6.92 Å². The molecule has 3 N–H and O–H groups in total. The molecular weight excluding hydrogens is 262 g/mol. The highest BCUT2D eigenvalue weighted by Crippen LogP contribution is 2.20. The number of nitrogens with one attached hydrogen (secondary N) is 1. The van der Waals surface area contributed by atoms with Crippen molar-refractivity contribution in [2.75, 3.05) is 0 Å². The molecule has 0 saturated heterocycles. The molecule has 4 nitrogen and oxygen atoms in total. The number of aromatic nitrogens is 1. The van der Waals surface area contributed by atoms with Gasteiger partial charge in [-0.05, 0) is 44.7 Å². The first-order valence-corrected chi connectivity index (χ1v) is 7.56. The molecule has 3 rings (SSSR count). The van der Waals surface area contributed by atoms with Crippen LogP contribution in [0.25, 0.3) is 10.9 Å². The maximum absolute atomic E-state index is 12.5. The third-order valence-electron chi connectivity index (χ3n) is 4.21. The van der Waals surface area contributed by atoms with Crippen molar-refractivity contribution in [2.24, 2.45) is 5.73 Å². The van der Waals surface area contributed by atoms with Gasteiger partial charge >= 0.3 is 0 Å². The van der Waals surface area contributed by atoms with Gasteiger partial charge in [0.1, 0.15) is 0 Å². The van der Waals surface area contributed by atoms with Gasteiger partial charge in [0.2, 0.25) is 0 Å². The first-order chi connectivity index (χ1) is 10.1. The molecule has 1 aliphatic carbocycles. The molecule has 0 bridgehead atoms. The second kappa shape index (κ2) is 5.82. The highest BCUT2D eigenvalue weighted by Gasteiger charge is 2.21. The summed E-state index contributed by atoms with van der Waals surface area (Å²) in [6.07, 6.45) is 3.89. The molecule has 2 aromatic rings. The highest BCUT2D eigenvalue weighted by molar-refractivity contribution is 6.05. The van der Waals surface area contributed by atoms with Gasteiger partial charge < -0.3 is 11.1 Å². The maximum atomic E-state index is 12.5. The summed E-state index contributed by atoms with van der Waals surface area (Å²) in [6.45, 7) is 1.94. The van der Waals surface area contributed by atoms with Gasteiger partial charge in [0.05, 0.1) is 11.1 Å². The summed E-state index contributed by atoms with van der Waals surface area (Å²) in [5.74, 6) is -0.0285. The van der Waals surface area contributed by atoms with Crippen molar-refractivity contribution in [3.05, 3.63) is 41.6 Å². The van der Waals surface area contributed by atoms with Crippen molar-refractivity contribution in [3.8, 4) is 0 Å². The molecule has 1 saturated carbocycles. The van der Waals surface area contributed by atoms with Gasteiger partial charge in [-0.1, -0.05) is 18.2 Å². The minimum Gasteiger partial charge on any atom is -0.349 e. The first-order valence-electron chi connectivity index (χ1n) is 7.56. The Hall–Kier alpha value is -1.94. The van der Waals surface area contributed by atoms with E-state index in [-0.39, 0.29) is 11.9 Å². The lowest BCUT2D eigenvalue weighted by Gasteiger charge is -2.26. The molecule has 110 valence electrons. The van der Waals surface area contributed by atoms with Crippen molar-refractivity contribution in [1.29, 1.82) is 0 Å². The summed E-state index contributed by atoms with van der Waals surface area (Å²) in [6, 6.07) is 10.2. The number of amides is 1. The van der Waals surface area contributed by atoms with Crippen LogP contribution in [0.2, 0.25) is 0 Å². The van der Waals surface area contributed by atoms with Crippen LogP contribution in [0.4, 0.5) is 0 Å². The minimum absolute atomic E-state index is 0.0285. The Kier molecular flexibility index (Phi) is 3.88. The Morgan fingerprint density at radius 3 is 2.71 bits per heavy atom. The van der Waals surface area contributed by atoms with E-state index in [4.69, 9.17) is 5.73 Å². The van der Waals surface area contributed by atoms with E-state index in [9.17, 15) is 4.79 Å². The topological polar surface area (TPSA) is 68.0 Å². The number of hydrogen-bond acceptors (Lipinski definition) is 3. The zero-order valence-electron chi connectivity index (χ0n) is 12.3. The zero-order valence-corrected chi connectivity index (χ0v) is 12.3. The van der Waals surface area contributed by atoms with Crippen LogP contribution in [0.15, 0.2) is 30.3 Å². The number of aryl methyl sites for hydroxylation is 1. The van der Waals surface area contributed by atoms with E-state index >= 15 is 0 Å². The number of nitrogens with zero attached hydrogens (tertiary/aromatic N) is 1. The van der Waals surface area contributed by atoms with E-state index in [0.29, 0.717) is 11.6 Å². The summed E-state index contributed by atoms with van der Waals surface area (Å²) in [4.78, 5) is 17.1. The molecule has 1 amide bonds. The van der Waals surface area contributed by atoms with Crippen LogP contribution in [0.5, 0.6) is 0 Å². The molecule has 0 aliphatic heterocycles. The molecule has 1 aliphatic rings. The number of benzene rings is 1. The van der Waals surface area contributed by atoms with Gasteiger partial charge in [-0.3, -0.25) is 9.78 Å². The smallest absolute Gasteiger partial charge is 0.253 e. The average Bonchev–Trinajstić information content (AvgIpc) is 2.49. The summed E-state index contributed by atoms with van der Waals surface area (Å²) in [7, 11) is 0. The van der Waals surface area contributed by atoms with E-state index in [0.717, 1.165) is 42.3 Å². The van der Waals surface area contributed by atoms with Gasteiger partial charge in [0, 0.05) is 23.2 Å². The van der Waals surface area contributed by atoms with E-state index in [1.807, 2.05) is 37.3 Å². The van der Waals surface area contributed by atoms with Crippen LogP contribution in [-0.2, 0) is 0 Å². The summed E-state index contributed by atoms with van der Waals surface area (Å²) in [5.41, 5.74) is 8.27. The predicted octanol–water partition coefficient (Wildman–Crippen LogP) is 2.54. The lowest BCUT2D eigenvalue weighted by atomic mass is 9.91. The van der Waals surface area contributed by atoms with Crippen molar-refractivity contribution in [1.82, 2.24) is 10.3 Å². The fraction of sp³-hybridized carbons (Fsp3) is 0.412. The lowest BCUT2D eigenvalue weighted by molar-refractivity contribution is 0.0927. The summed E-state index contributed by atoms with van der Waals surface area (Å²) in [5, 5.41) is 4.13. The van der Waals surface area contributed by atoms with Gasteiger partial charge in [-0.15, -0.1) is 0 Å². The Morgan fingerprint density at radius 2 is 1.95 bits per heavy atom. The largest absolute Gasteiger partial charge is 0.349 e. The molecule has 0 radical (unpaired) electrons. The fourth-order valence-electron chi connectivity index (χ4n) is 2.95. The third-order valence-corrected chi connectivity index (χ3v) is 4.21. The van der Waals surface area contributed by atoms with Crippen LogP contribution in [-0.4, -0.2) is 23.0 Å². The average molecular weight is 283 g/mol. The molecule has 1 heterocycles. The van der Waals surface area contributed by atoms with Gasteiger partial charge in [0.15, 0.2) is 0 Å². The van der Waals surface area contributed by atoms with E-state index in [1.54, 1.807) is 0 Å². The number of nitrogens with two attached hydrogens (primary N) is 1. The van der Waals surface area contributed by atoms with Crippen LogP contribution in [0.1, 0.15) is 41.7 Å². The second-order valence-corrected chi connectivity index (χ2v) is 5.92. The second-order valence-electron chi connectivity index (χ2n) is 5.92. The van der Waals surface area contributed by atoms with Crippen molar-refractivity contribution in [2.45, 2.75) is 44.7 Å². The Morgan fingerprint density at radius 1 is 1.19 bits per heavy atom. The molecule has 0 spiro atoms. The predicted molar refractivity (Wildman–Crippen MR) is 84.2 cm³/mol. The van der Waals surface area contributed by atoms with Crippen molar-refractivity contribution in [3.63, 3.8) is 0 Å². The SMILES string of the molecule is Cc1ccc2cccc(C(=O)NC3CCC(N)CC3)c2n1. The summed E-state index contributed by atoms with van der Waals surface area (Å²) < 4.78 is 0. The molecule has 0 atom stereocenters. The molecular formula is C17H21N3O. The Balaban J connectivity index is 1.83. The van der Waals surface area contributed by atoms with E-state index < -0.39 is 0 Å². The minimum atomic E-state index is -0.0285. The lowest BCUT2D eigenvalue weighted by Crippen LogP contribution is -2.40. The normalized spacial score (nSPS) is 22.2. The Labute approximate surface area is 124 Å². The third kappa shape index (κ3) is 3.05.